The average molecular weight is 420 g/mol. The second kappa shape index (κ2) is 9.64. The van der Waals surface area contributed by atoms with E-state index in [0.717, 1.165) is 72.4 Å². The van der Waals surface area contributed by atoms with Gasteiger partial charge in [-0.1, -0.05) is 6.92 Å². The minimum atomic E-state index is 0.389. The van der Waals surface area contributed by atoms with Crippen molar-refractivity contribution in [3.05, 3.63) is 54.5 Å². The fourth-order valence-electron chi connectivity index (χ4n) is 3.84. The molecule has 0 amide bonds. The van der Waals surface area contributed by atoms with Crippen molar-refractivity contribution < 1.29 is 9.47 Å². The summed E-state index contributed by atoms with van der Waals surface area (Å²) in [5.74, 6) is 3.34. The van der Waals surface area contributed by atoms with Crippen LogP contribution in [0.25, 0.3) is 11.4 Å². The molecule has 3 heterocycles. The predicted molar refractivity (Wildman–Crippen MR) is 123 cm³/mol. The summed E-state index contributed by atoms with van der Waals surface area (Å²) in [7, 11) is 3.34. The van der Waals surface area contributed by atoms with Gasteiger partial charge in [0.05, 0.1) is 14.2 Å². The van der Waals surface area contributed by atoms with E-state index in [-0.39, 0.29) is 0 Å². The number of pyridine rings is 1. The van der Waals surface area contributed by atoms with Crippen molar-refractivity contribution in [3.8, 4) is 22.9 Å². The third-order valence-corrected chi connectivity index (χ3v) is 5.61. The first-order valence-electron chi connectivity index (χ1n) is 10.7. The molecule has 1 N–H and O–H groups in total. The number of hydrogen-bond donors (Lipinski definition) is 1. The second-order valence-electron chi connectivity index (χ2n) is 7.64. The summed E-state index contributed by atoms with van der Waals surface area (Å²) in [6, 6.07) is 12.3. The van der Waals surface area contributed by atoms with E-state index in [2.05, 4.69) is 28.2 Å². The zero-order chi connectivity index (χ0) is 21.6. The first-order valence-corrected chi connectivity index (χ1v) is 10.7. The Morgan fingerprint density at radius 3 is 2.26 bits per heavy atom. The van der Waals surface area contributed by atoms with Crippen LogP contribution in [0.5, 0.6) is 11.5 Å². The molecule has 0 unspecified atom stereocenters. The summed E-state index contributed by atoms with van der Waals surface area (Å²) in [4.78, 5) is 16.0. The van der Waals surface area contributed by atoms with Crippen molar-refractivity contribution in [3.63, 3.8) is 0 Å². The molecule has 7 nitrogen and oxygen atoms in total. The summed E-state index contributed by atoms with van der Waals surface area (Å²) >= 11 is 0. The molecule has 0 spiro atoms. The largest absolute Gasteiger partial charge is 0.497 e. The number of hydrogen-bond acceptors (Lipinski definition) is 7. The van der Waals surface area contributed by atoms with Crippen molar-refractivity contribution in [2.24, 2.45) is 0 Å². The Morgan fingerprint density at radius 2 is 1.65 bits per heavy atom. The Hall–Kier alpha value is -3.35. The number of benzene rings is 1. The Bertz CT molecular complexity index is 982. The predicted octanol–water partition coefficient (Wildman–Crippen LogP) is 4.20. The van der Waals surface area contributed by atoms with Crippen molar-refractivity contribution in [2.75, 3.05) is 37.5 Å². The number of aryl methyl sites for hydroxylation is 1. The molecule has 3 aromatic rings. The highest BCUT2D eigenvalue weighted by atomic mass is 16.5. The topological polar surface area (TPSA) is 72.4 Å². The third-order valence-electron chi connectivity index (χ3n) is 5.61. The van der Waals surface area contributed by atoms with E-state index in [1.54, 1.807) is 26.6 Å². The van der Waals surface area contributed by atoms with E-state index < -0.39 is 0 Å². The third kappa shape index (κ3) is 5.05. The van der Waals surface area contributed by atoms with Gasteiger partial charge in [0.15, 0.2) is 5.82 Å². The summed E-state index contributed by atoms with van der Waals surface area (Å²) in [6.07, 6.45) is 6.48. The van der Waals surface area contributed by atoms with Gasteiger partial charge in [0, 0.05) is 72.7 Å². The molecule has 0 bridgehead atoms. The molecule has 1 aliphatic heterocycles. The van der Waals surface area contributed by atoms with Gasteiger partial charge >= 0.3 is 0 Å². The number of methoxy groups -OCH3 is 2. The molecule has 0 aliphatic carbocycles. The number of nitrogens with zero attached hydrogens (tertiary/aromatic N) is 4. The summed E-state index contributed by atoms with van der Waals surface area (Å²) in [6.45, 7) is 4.00. The molecule has 4 rings (SSSR count). The fraction of sp³-hybridized carbons (Fsp3) is 0.375. The van der Waals surface area contributed by atoms with E-state index in [4.69, 9.17) is 19.4 Å². The molecular weight excluding hydrogens is 390 g/mol. The van der Waals surface area contributed by atoms with Crippen LogP contribution < -0.4 is 19.7 Å². The second-order valence-corrected chi connectivity index (χ2v) is 7.64. The molecule has 1 aromatic carbocycles. The number of piperidine rings is 1. The highest BCUT2D eigenvalue weighted by Crippen LogP contribution is 2.28. The van der Waals surface area contributed by atoms with Gasteiger partial charge in [-0.05, 0) is 31.4 Å². The lowest BCUT2D eigenvalue weighted by Gasteiger charge is -2.34. The Morgan fingerprint density at radius 1 is 0.968 bits per heavy atom. The lowest BCUT2D eigenvalue weighted by Crippen LogP contribution is -2.39. The maximum absolute atomic E-state index is 5.38. The molecule has 1 fully saturated rings. The van der Waals surface area contributed by atoms with Crippen LogP contribution in [0.1, 0.15) is 25.5 Å². The fourth-order valence-corrected chi connectivity index (χ4v) is 3.84. The molecule has 162 valence electrons. The molecule has 0 saturated carbocycles. The lowest BCUT2D eigenvalue weighted by molar-refractivity contribution is 0.394. The van der Waals surface area contributed by atoms with E-state index in [1.165, 1.54) is 0 Å². The standard InChI is InChI=1S/C24H29N5O2/c1-4-18-15-23(28-24(27-18)17-5-9-25-10-6-17)29-11-7-19(8-12-29)26-20-13-21(30-2)16-22(14-20)31-3/h5-6,9-10,13-16,19,26H,4,7-8,11-12H2,1-3H3. The smallest absolute Gasteiger partial charge is 0.161 e. The zero-order valence-corrected chi connectivity index (χ0v) is 18.3. The van der Waals surface area contributed by atoms with Gasteiger partial charge in [-0.25, -0.2) is 9.97 Å². The van der Waals surface area contributed by atoms with Crippen LogP contribution in [-0.4, -0.2) is 48.3 Å². The molecule has 31 heavy (non-hydrogen) atoms. The molecule has 1 aliphatic rings. The normalized spacial score (nSPS) is 14.4. The van der Waals surface area contributed by atoms with Crippen LogP contribution in [0.2, 0.25) is 0 Å². The number of anilines is 2. The first-order chi connectivity index (χ1) is 15.2. The van der Waals surface area contributed by atoms with Crippen molar-refractivity contribution >= 4 is 11.5 Å². The zero-order valence-electron chi connectivity index (χ0n) is 18.3. The Kier molecular flexibility index (Phi) is 6.50. The van der Waals surface area contributed by atoms with E-state index in [9.17, 15) is 0 Å². The molecule has 7 heteroatoms. The lowest BCUT2D eigenvalue weighted by atomic mass is 10.0. The number of ether oxygens (including phenoxy) is 2. The summed E-state index contributed by atoms with van der Waals surface area (Å²) < 4.78 is 10.8. The minimum absolute atomic E-state index is 0.389. The average Bonchev–Trinajstić information content (AvgIpc) is 2.84. The molecular formula is C24H29N5O2. The molecule has 2 aromatic heterocycles. The molecule has 0 radical (unpaired) electrons. The van der Waals surface area contributed by atoms with Crippen LogP contribution in [0.15, 0.2) is 48.8 Å². The van der Waals surface area contributed by atoms with Gasteiger partial charge in [-0.2, -0.15) is 0 Å². The minimum Gasteiger partial charge on any atom is -0.497 e. The first kappa shape index (κ1) is 20.9. The van der Waals surface area contributed by atoms with E-state index >= 15 is 0 Å². The highest BCUT2D eigenvalue weighted by molar-refractivity contribution is 5.58. The Labute approximate surface area is 183 Å². The number of rotatable bonds is 7. The molecule has 1 saturated heterocycles. The molecule has 0 atom stereocenters. The van der Waals surface area contributed by atoms with Gasteiger partial charge in [0.25, 0.3) is 0 Å². The number of nitrogens with one attached hydrogen (secondary N) is 1. The van der Waals surface area contributed by atoms with Gasteiger partial charge in [-0.3, -0.25) is 4.98 Å². The van der Waals surface area contributed by atoms with Gasteiger partial charge < -0.3 is 19.7 Å². The monoisotopic (exact) mass is 419 g/mol. The van der Waals surface area contributed by atoms with Crippen LogP contribution in [-0.2, 0) is 6.42 Å². The van der Waals surface area contributed by atoms with Crippen LogP contribution in [0.4, 0.5) is 11.5 Å². The van der Waals surface area contributed by atoms with Crippen LogP contribution >= 0.6 is 0 Å². The van der Waals surface area contributed by atoms with Gasteiger partial charge in [0.1, 0.15) is 17.3 Å². The van der Waals surface area contributed by atoms with Gasteiger partial charge in [0.2, 0.25) is 0 Å². The van der Waals surface area contributed by atoms with Gasteiger partial charge in [-0.15, -0.1) is 0 Å². The van der Waals surface area contributed by atoms with E-state index in [1.807, 2.05) is 30.3 Å². The quantitative estimate of drug-likeness (QED) is 0.615. The van der Waals surface area contributed by atoms with E-state index in [0.29, 0.717) is 6.04 Å². The van der Waals surface area contributed by atoms with Crippen LogP contribution in [0, 0.1) is 0 Å². The van der Waals surface area contributed by atoms with Crippen molar-refractivity contribution in [1.29, 1.82) is 0 Å². The van der Waals surface area contributed by atoms with Crippen molar-refractivity contribution in [2.45, 2.75) is 32.2 Å². The van der Waals surface area contributed by atoms with Crippen LogP contribution in [0.3, 0.4) is 0 Å². The number of aromatic nitrogens is 3. The highest BCUT2D eigenvalue weighted by Gasteiger charge is 2.21. The summed E-state index contributed by atoms with van der Waals surface area (Å²) in [5.41, 5.74) is 3.07. The summed E-state index contributed by atoms with van der Waals surface area (Å²) in [5, 5.41) is 3.64. The van der Waals surface area contributed by atoms with Crippen molar-refractivity contribution in [1.82, 2.24) is 15.0 Å². The maximum Gasteiger partial charge on any atom is 0.161 e. The Balaban J connectivity index is 1.45. The SMILES string of the molecule is CCc1cc(N2CCC(Nc3cc(OC)cc(OC)c3)CC2)nc(-c2ccncc2)n1. The maximum atomic E-state index is 5.38.